The second-order valence-corrected chi connectivity index (χ2v) is 7.78. The summed E-state index contributed by atoms with van der Waals surface area (Å²) in [7, 11) is 0. The molecule has 1 heterocycles. The molecule has 0 spiro atoms. The molecule has 0 aliphatic rings. The van der Waals surface area contributed by atoms with Crippen molar-refractivity contribution in [2.45, 2.75) is 11.8 Å². The van der Waals surface area contributed by atoms with E-state index in [2.05, 4.69) is 65.3 Å². The minimum absolute atomic E-state index is 0.0360. The Kier molecular flexibility index (Phi) is 5.97. The lowest BCUT2D eigenvalue weighted by Gasteiger charge is -2.31. The molecule has 2 aromatic rings. The Labute approximate surface area is 147 Å². The van der Waals surface area contributed by atoms with Gasteiger partial charge >= 0.3 is 0 Å². The van der Waals surface area contributed by atoms with Crippen LogP contribution in [0.4, 0.5) is 0 Å². The molecule has 0 fully saturated rings. The number of halogens is 4. The maximum absolute atomic E-state index is 6.40. The Hall–Kier alpha value is 0.650. The molecule has 1 aromatic heterocycles. The van der Waals surface area contributed by atoms with Gasteiger partial charge in [-0.3, -0.25) is 0 Å². The molecule has 0 amide bonds. The average molecular weight is 487 g/mol. The summed E-state index contributed by atoms with van der Waals surface area (Å²) in [4.78, 5) is 1.35. The number of benzene rings is 1. The van der Waals surface area contributed by atoms with E-state index in [0.29, 0.717) is 0 Å². The van der Waals surface area contributed by atoms with Crippen molar-refractivity contribution in [3.05, 3.63) is 55.6 Å². The van der Waals surface area contributed by atoms with Crippen molar-refractivity contribution >= 4 is 70.7 Å². The van der Waals surface area contributed by atoms with E-state index < -0.39 is 0 Å². The fourth-order valence-electron chi connectivity index (χ4n) is 2.02. The van der Waals surface area contributed by atoms with Gasteiger partial charge in [0.25, 0.3) is 0 Å². The van der Waals surface area contributed by atoms with Gasteiger partial charge in [0.1, 0.15) is 0 Å². The summed E-state index contributed by atoms with van der Waals surface area (Å²) in [5.41, 5.74) is 1.15. The van der Waals surface area contributed by atoms with Crippen LogP contribution in [0.5, 0.6) is 0 Å². The normalized spacial score (nSPS) is 11.8. The second kappa shape index (κ2) is 7.08. The zero-order valence-corrected chi connectivity index (χ0v) is 16.3. The lowest BCUT2D eigenvalue weighted by molar-refractivity contribution is 0.555. The van der Waals surface area contributed by atoms with E-state index in [1.54, 1.807) is 11.3 Å². The van der Waals surface area contributed by atoms with Gasteiger partial charge in [-0.25, -0.2) is 0 Å². The summed E-state index contributed by atoms with van der Waals surface area (Å²) in [5.74, 6) is 0. The Balaban J connectivity index is 2.44. The molecule has 5 heteroatoms. The van der Waals surface area contributed by atoms with Crippen LogP contribution in [0.15, 0.2) is 40.2 Å². The number of rotatable bonds is 5. The van der Waals surface area contributed by atoms with E-state index in [4.69, 9.17) is 11.6 Å². The molecule has 0 unspecified atom stereocenters. The highest BCUT2D eigenvalue weighted by Crippen LogP contribution is 2.39. The summed E-state index contributed by atoms with van der Waals surface area (Å²) >= 11 is 19.1. The second-order valence-electron chi connectivity index (χ2n) is 4.40. The van der Waals surface area contributed by atoms with Crippen LogP contribution >= 0.6 is 70.7 Å². The van der Waals surface area contributed by atoms with Crippen LogP contribution in [0.25, 0.3) is 0 Å². The van der Waals surface area contributed by atoms with E-state index in [9.17, 15) is 0 Å². The minimum atomic E-state index is -0.0360. The lowest BCUT2D eigenvalue weighted by atomic mass is 9.81. The first-order valence-corrected chi connectivity index (χ1v) is 10.0. The number of alkyl halides is 2. The Morgan fingerprint density at radius 2 is 1.79 bits per heavy atom. The first-order chi connectivity index (χ1) is 9.13. The van der Waals surface area contributed by atoms with Crippen LogP contribution < -0.4 is 0 Å². The van der Waals surface area contributed by atoms with Gasteiger partial charge in [0, 0.05) is 30.4 Å². The minimum Gasteiger partial charge on any atom is -0.148 e. The van der Waals surface area contributed by atoms with Crippen molar-refractivity contribution < 1.29 is 0 Å². The van der Waals surface area contributed by atoms with Crippen molar-refractivity contribution in [3.8, 4) is 0 Å². The summed E-state index contributed by atoms with van der Waals surface area (Å²) in [6.07, 6.45) is 0.950. The predicted molar refractivity (Wildman–Crippen MR) is 96.4 cm³/mol. The molecule has 0 nitrogen and oxygen atoms in total. The fraction of sp³-hybridized carbons (Fsp3) is 0.286. The van der Waals surface area contributed by atoms with Crippen LogP contribution in [0.1, 0.15) is 10.4 Å². The van der Waals surface area contributed by atoms with Crippen molar-refractivity contribution in [2.75, 3.05) is 10.7 Å². The zero-order valence-electron chi connectivity index (χ0n) is 10.0. The maximum atomic E-state index is 6.40. The molecular formula is C14H12Br3ClS. The molecule has 19 heavy (non-hydrogen) atoms. The highest BCUT2D eigenvalue weighted by molar-refractivity contribution is 9.10. The van der Waals surface area contributed by atoms with Crippen molar-refractivity contribution in [1.82, 2.24) is 0 Å². The van der Waals surface area contributed by atoms with Gasteiger partial charge in [-0.15, -0.1) is 11.3 Å². The van der Waals surface area contributed by atoms with E-state index in [0.717, 1.165) is 22.1 Å². The highest BCUT2D eigenvalue weighted by atomic mass is 79.9. The molecule has 0 saturated heterocycles. The smallest absolute Gasteiger partial charge is 0.0444 e. The van der Waals surface area contributed by atoms with Crippen LogP contribution in [0.2, 0.25) is 5.02 Å². The molecule has 0 bridgehead atoms. The van der Waals surface area contributed by atoms with Crippen LogP contribution in [-0.2, 0) is 11.8 Å². The van der Waals surface area contributed by atoms with E-state index in [1.165, 1.54) is 14.9 Å². The topological polar surface area (TPSA) is 0 Å². The fourth-order valence-corrected chi connectivity index (χ4v) is 5.92. The third-order valence-corrected chi connectivity index (χ3v) is 7.55. The van der Waals surface area contributed by atoms with E-state index in [-0.39, 0.29) is 5.41 Å². The van der Waals surface area contributed by atoms with Gasteiger partial charge in [0.2, 0.25) is 0 Å². The first kappa shape index (κ1) is 16.0. The van der Waals surface area contributed by atoms with E-state index >= 15 is 0 Å². The summed E-state index contributed by atoms with van der Waals surface area (Å²) < 4.78 is 1.18. The van der Waals surface area contributed by atoms with Gasteiger partial charge < -0.3 is 0 Å². The molecule has 0 radical (unpaired) electrons. The standard InChI is InChI=1S/C14H12Br3ClS/c15-8-14(9-16,7-13-11(17)5-6-19-13)10-3-1-2-4-12(10)18/h1-6H,7-9H2. The monoisotopic (exact) mass is 484 g/mol. The molecule has 2 rings (SSSR count). The quantitative estimate of drug-likeness (QED) is 0.426. The van der Waals surface area contributed by atoms with Crippen LogP contribution in [0.3, 0.4) is 0 Å². The molecular weight excluding hydrogens is 475 g/mol. The summed E-state index contributed by atoms with van der Waals surface area (Å²) in [6.45, 7) is 0. The van der Waals surface area contributed by atoms with Crippen LogP contribution in [-0.4, -0.2) is 10.7 Å². The van der Waals surface area contributed by atoms with Gasteiger partial charge in [-0.2, -0.15) is 0 Å². The molecule has 0 N–H and O–H groups in total. The van der Waals surface area contributed by atoms with Crippen molar-refractivity contribution in [2.24, 2.45) is 0 Å². The SMILES string of the molecule is Clc1ccccc1C(CBr)(CBr)Cc1sccc1Br. The predicted octanol–water partition coefficient (Wildman–Crippen LogP) is 6.43. The zero-order chi connectivity index (χ0) is 13.9. The Bertz CT molecular complexity index is 549. The first-order valence-electron chi connectivity index (χ1n) is 5.72. The van der Waals surface area contributed by atoms with Gasteiger partial charge in [-0.1, -0.05) is 61.7 Å². The van der Waals surface area contributed by atoms with Gasteiger partial charge in [-0.05, 0) is 45.4 Å². The molecule has 102 valence electrons. The third-order valence-electron chi connectivity index (χ3n) is 3.15. The van der Waals surface area contributed by atoms with Gasteiger partial charge in [0.05, 0.1) is 0 Å². The van der Waals surface area contributed by atoms with E-state index in [1.807, 2.05) is 18.2 Å². The highest BCUT2D eigenvalue weighted by Gasteiger charge is 2.33. The summed E-state index contributed by atoms with van der Waals surface area (Å²) in [6, 6.07) is 10.2. The summed E-state index contributed by atoms with van der Waals surface area (Å²) in [5, 5.41) is 4.66. The molecule has 0 aliphatic carbocycles. The molecule has 0 atom stereocenters. The van der Waals surface area contributed by atoms with Gasteiger partial charge in [0.15, 0.2) is 0 Å². The van der Waals surface area contributed by atoms with Crippen LogP contribution in [0, 0.1) is 0 Å². The van der Waals surface area contributed by atoms with Crippen molar-refractivity contribution in [1.29, 1.82) is 0 Å². The third kappa shape index (κ3) is 3.46. The number of hydrogen-bond acceptors (Lipinski definition) is 1. The largest absolute Gasteiger partial charge is 0.148 e. The molecule has 1 aromatic carbocycles. The Morgan fingerprint density at radius 3 is 2.32 bits per heavy atom. The maximum Gasteiger partial charge on any atom is 0.0444 e. The van der Waals surface area contributed by atoms with Crippen molar-refractivity contribution in [3.63, 3.8) is 0 Å². The Morgan fingerprint density at radius 1 is 1.11 bits per heavy atom. The molecule has 0 saturated carbocycles. The number of hydrogen-bond donors (Lipinski definition) is 0. The lowest BCUT2D eigenvalue weighted by Crippen LogP contribution is -2.33. The molecule has 0 aliphatic heterocycles. The average Bonchev–Trinajstić information content (AvgIpc) is 2.82. The number of thiophene rings is 1.